The van der Waals surface area contributed by atoms with Crippen LogP contribution in [0.1, 0.15) is 30.0 Å². The van der Waals surface area contributed by atoms with Crippen LogP contribution in [0.5, 0.6) is 0 Å². The lowest BCUT2D eigenvalue weighted by Gasteiger charge is -2.39. The molecule has 0 aromatic heterocycles. The first kappa shape index (κ1) is 16.2. The molecule has 22 heavy (non-hydrogen) atoms. The van der Waals surface area contributed by atoms with E-state index in [0.717, 1.165) is 5.56 Å². The number of likely N-dealkylation sites (tertiary alicyclic amines) is 1. The molecular weight excluding hydrogens is 289 g/mol. The topological polar surface area (TPSA) is 95.7 Å². The number of hydrogen-bond acceptors (Lipinski definition) is 3. The molecule has 120 valence electrons. The Morgan fingerprint density at radius 3 is 2.82 bits per heavy atom. The van der Waals surface area contributed by atoms with Gasteiger partial charge in [-0.15, -0.1) is 0 Å². The molecule has 7 heteroatoms. The van der Waals surface area contributed by atoms with Crippen molar-refractivity contribution in [1.29, 1.82) is 0 Å². The molecule has 0 saturated carbocycles. The normalized spacial score (nSPS) is 21.6. The summed E-state index contributed by atoms with van der Waals surface area (Å²) in [6.45, 7) is 2.18. The molecule has 0 aliphatic carbocycles. The molecule has 0 spiro atoms. The second kappa shape index (κ2) is 6.74. The molecular formula is C15H20FN3O3. The van der Waals surface area contributed by atoms with Gasteiger partial charge in [-0.2, -0.15) is 0 Å². The predicted molar refractivity (Wildman–Crippen MR) is 78.8 cm³/mol. The van der Waals surface area contributed by atoms with Gasteiger partial charge in [0, 0.05) is 12.6 Å². The molecule has 2 rings (SSSR count). The Hall–Kier alpha value is -2.15. The van der Waals surface area contributed by atoms with Gasteiger partial charge in [0.1, 0.15) is 5.82 Å². The molecule has 1 aromatic rings. The Labute approximate surface area is 128 Å². The summed E-state index contributed by atoms with van der Waals surface area (Å²) in [6.07, 6.45) is 0.129. The van der Waals surface area contributed by atoms with Gasteiger partial charge in [0.25, 0.3) is 0 Å². The average molecular weight is 309 g/mol. The minimum absolute atomic E-state index is 0.00227. The molecule has 0 unspecified atom stereocenters. The zero-order valence-corrected chi connectivity index (χ0v) is 12.4. The summed E-state index contributed by atoms with van der Waals surface area (Å²) < 4.78 is 13.3. The SMILES string of the molecule is Cc1cc(F)ccc1[C@H]1C[C@@H](NCC(N)=O)CCN1C(=O)O. The molecule has 2 amide bonds. The van der Waals surface area contributed by atoms with Crippen LogP contribution >= 0.6 is 0 Å². The van der Waals surface area contributed by atoms with Crippen molar-refractivity contribution in [2.24, 2.45) is 5.73 Å². The largest absolute Gasteiger partial charge is 0.465 e. The van der Waals surface area contributed by atoms with Crippen molar-refractivity contribution in [3.8, 4) is 0 Å². The smallest absolute Gasteiger partial charge is 0.407 e. The van der Waals surface area contributed by atoms with E-state index in [1.807, 2.05) is 0 Å². The van der Waals surface area contributed by atoms with Crippen LogP contribution in [0.25, 0.3) is 0 Å². The van der Waals surface area contributed by atoms with Crippen molar-refractivity contribution in [3.05, 3.63) is 35.1 Å². The monoisotopic (exact) mass is 309 g/mol. The van der Waals surface area contributed by atoms with Crippen molar-refractivity contribution in [3.63, 3.8) is 0 Å². The molecule has 0 radical (unpaired) electrons. The van der Waals surface area contributed by atoms with Crippen LogP contribution in [-0.4, -0.2) is 41.1 Å². The van der Waals surface area contributed by atoms with Gasteiger partial charge in [-0.1, -0.05) is 6.07 Å². The number of nitrogens with zero attached hydrogens (tertiary/aromatic N) is 1. The lowest BCUT2D eigenvalue weighted by molar-refractivity contribution is -0.117. The molecule has 6 nitrogen and oxygen atoms in total. The van der Waals surface area contributed by atoms with E-state index in [0.29, 0.717) is 24.9 Å². The maximum atomic E-state index is 13.3. The van der Waals surface area contributed by atoms with Gasteiger partial charge in [0.15, 0.2) is 0 Å². The number of hydrogen-bond donors (Lipinski definition) is 3. The minimum atomic E-state index is -0.998. The number of halogens is 1. The van der Waals surface area contributed by atoms with Crippen LogP contribution in [0.2, 0.25) is 0 Å². The fourth-order valence-corrected chi connectivity index (χ4v) is 2.93. The highest BCUT2D eigenvalue weighted by atomic mass is 19.1. The fraction of sp³-hybridized carbons (Fsp3) is 0.467. The number of aryl methyl sites for hydroxylation is 1. The lowest BCUT2D eigenvalue weighted by Crippen LogP contribution is -2.48. The lowest BCUT2D eigenvalue weighted by atomic mass is 9.89. The summed E-state index contributed by atoms with van der Waals surface area (Å²) in [4.78, 5) is 23.7. The van der Waals surface area contributed by atoms with E-state index in [9.17, 15) is 19.1 Å². The number of rotatable bonds is 4. The number of piperidine rings is 1. The van der Waals surface area contributed by atoms with Gasteiger partial charge in [-0.25, -0.2) is 9.18 Å². The molecule has 2 atom stereocenters. The van der Waals surface area contributed by atoms with Gasteiger partial charge < -0.3 is 21.1 Å². The van der Waals surface area contributed by atoms with Crippen LogP contribution in [-0.2, 0) is 4.79 Å². The van der Waals surface area contributed by atoms with E-state index < -0.39 is 12.0 Å². The van der Waals surface area contributed by atoms with Crippen molar-refractivity contribution in [2.45, 2.75) is 31.8 Å². The molecule has 4 N–H and O–H groups in total. The number of benzene rings is 1. The van der Waals surface area contributed by atoms with E-state index in [1.165, 1.54) is 17.0 Å². The van der Waals surface area contributed by atoms with E-state index in [4.69, 9.17) is 5.73 Å². The van der Waals surface area contributed by atoms with E-state index in [2.05, 4.69) is 5.32 Å². The zero-order valence-electron chi connectivity index (χ0n) is 12.4. The first-order chi connectivity index (χ1) is 10.4. The number of primary amides is 1. The Morgan fingerprint density at radius 1 is 1.50 bits per heavy atom. The third-order valence-electron chi connectivity index (χ3n) is 4.00. The molecule has 1 heterocycles. The van der Waals surface area contributed by atoms with Crippen molar-refractivity contribution in [1.82, 2.24) is 10.2 Å². The third-order valence-corrected chi connectivity index (χ3v) is 4.00. The summed E-state index contributed by atoms with van der Waals surface area (Å²) in [5, 5.41) is 12.4. The summed E-state index contributed by atoms with van der Waals surface area (Å²) >= 11 is 0. The summed E-state index contributed by atoms with van der Waals surface area (Å²) in [5.41, 5.74) is 6.63. The van der Waals surface area contributed by atoms with Gasteiger partial charge in [-0.05, 0) is 43.0 Å². The van der Waals surface area contributed by atoms with Gasteiger partial charge in [0.05, 0.1) is 12.6 Å². The van der Waals surface area contributed by atoms with Crippen LogP contribution in [0.4, 0.5) is 9.18 Å². The summed E-state index contributed by atoms with van der Waals surface area (Å²) in [7, 11) is 0. The maximum Gasteiger partial charge on any atom is 0.407 e. The first-order valence-electron chi connectivity index (χ1n) is 7.15. The molecule has 1 fully saturated rings. The second-order valence-electron chi connectivity index (χ2n) is 5.56. The number of carbonyl (C=O) groups is 2. The van der Waals surface area contributed by atoms with E-state index in [1.54, 1.807) is 13.0 Å². The van der Waals surface area contributed by atoms with E-state index in [-0.39, 0.29) is 24.4 Å². The predicted octanol–water partition coefficient (Wildman–Crippen LogP) is 1.39. The number of nitrogens with two attached hydrogens (primary N) is 1. The number of carbonyl (C=O) groups excluding carboxylic acids is 1. The Morgan fingerprint density at radius 2 is 2.23 bits per heavy atom. The van der Waals surface area contributed by atoms with E-state index >= 15 is 0 Å². The maximum absolute atomic E-state index is 13.3. The molecule has 1 aliphatic rings. The van der Waals surface area contributed by atoms with Crippen molar-refractivity contribution >= 4 is 12.0 Å². The average Bonchev–Trinajstić information content (AvgIpc) is 2.44. The third kappa shape index (κ3) is 3.73. The Kier molecular flexibility index (Phi) is 4.97. The fourth-order valence-electron chi connectivity index (χ4n) is 2.93. The Bertz CT molecular complexity index is 579. The van der Waals surface area contributed by atoms with Crippen molar-refractivity contribution < 1.29 is 19.1 Å². The van der Waals surface area contributed by atoms with Gasteiger partial charge in [0.2, 0.25) is 5.91 Å². The number of nitrogens with one attached hydrogen (secondary N) is 1. The highest BCUT2D eigenvalue weighted by Crippen LogP contribution is 2.33. The second-order valence-corrected chi connectivity index (χ2v) is 5.56. The highest BCUT2D eigenvalue weighted by molar-refractivity contribution is 5.75. The minimum Gasteiger partial charge on any atom is -0.465 e. The highest BCUT2D eigenvalue weighted by Gasteiger charge is 2.33. The summed E-state index contributed by atoms with van der Waals surface area (Å²) in [5.74, 6) is -0.794. The molecule has 1 saturated heterocycles. The molecule has 1 aromatic carbocycles. The number of amides is 2. The van der Waals surface area contributed by atoms with Crippen LogP contribution in [0, 0.1) is 12.7 Å². The zero-order chi connectivity index (χ0) is 16.3. The molecule has 0 bridgehead atoms. The Balaban J connectivity index is 2.21. The quantitative estimate of drug-likeness (QED) is 0.783. The van der Waals surface area contributed by atoms with Crippen molar-refractivity contribution in [2.75, 3.05) is 13.1 Å². The molecule has 1 aliphatic heterocycles. The first-order valence-corrected chi connectivity index (χ1v) is 7.15. The van der Waals surface area contributed by atoms with Gasteiger partial charge in [-0.3, -0.25) is 4.79 Å². The standard InChI is InChI=1S/C15H20FN3O3/c1-9-6-10(16)2-3-12(9)13-7-11(18-8-14(17)20)4-5-19(13)15(21)22/h2-3,6,11,13,18H,4-5,7-8H2,1H3,(H2,17,20)(H,21,22)/t11-,13+/m0/s1. The van der Waals surface area contributed by atoms with Crippen LogP contribution < -0.4 is 11.1 Å². The van der Waals surface area contributed by atoms with Crippen LogP contribution in [0.3, 0.4) is 0 Å². The van der Waals surface area contributed by atoms with Crippen LogP contribution in [0.15, 0.2) is 18.2 Å². The number of carboxylic acid groups (broad SMARTS) is 1. The van der Waals surface area contributed by atoms with Gasteiger partial charge >= 0.3 is 6.09 Å². The summed E-state index contributed by atoms with van der Waals surface area (Å²) in [6, 6.07) is 4.00.